The molecule has 0 bridgehead atoms. The number of aliphatic hydroxyl groups excluding tert-OH is 1. The molecule has 1 atom stereocenters. The zero-order valence-corrected chi connectivity index (χ0v) is 14.0. The second kappa shape index (κ2) is 9.53. The Morgan fingerprint density at radius 2 is 2.00 bits per heavy atom. The quantitative estimate of drug-likeness (QED) is 0.721. The zero-order chi connectivity index (χ0) is 16.5. The Morgan fingerprint density at radius 3 is 2.61 bits per heavy atom. The Kier molecular flexibility index (Phi) is 7.36. The van der Waals surface area contributed by atoms with Crippen LogP contribution in [0.3, 0.4) is 0 Å². The van der Waals surface area contributed by atoms with Crippen molar-refractivity contribution in [1.29, 1.82) is 0 Å². The van der Waals surface area contributed by atoms with Gasteiger partial charge in [-0.1, -0.05) is 37.3 Å². The lowest BCUT2D eigenvalue weighted by Gasteiger charge is -2.31. The number of hydrogen-bond donors (Lipinski definition) is 3. The number of benzene rings is 1. The van der Waals surface area contributed by atoms with Gasteiger partial charge < -0.3 is 20.6 Å². The summed E-state index contributed by atoms with van der Waals surface area (Å²) in [5.41, 5.74) is 0.914. The highest BCUT2D eigenvalue weighted by Gasteiger charge is 2.18. The first-order valence-corrected chi connectivity index (χ1v) is 8.65. The summed E-state index contributed by atoms with van der Waals surface area (Å²) in [5.74, 6) is 0.709. The summed E-state index contributed by atoms with van der Waals surface area (Å²) in [5, 5.41) is 15.2. The van der Waals surface area contributed by atoms with Gasteiger partial charge in [-0.05, 0) is 50.4 Å². The summed E-state index contributed by atoms with van der Waals surface area (Å²) in [6, 6.07) is 8.97. The van der Waals surface area contributed by atoms with Crippen molar-refractivity contribution < 1.29 is 9.90 Å². The molecule has 3 N–H and O–H groups in total. The van der Waals surface area contributed by atoms with Crippen LogP contribution < -0.4 is 10.6 Å². The van der Waals surface area contributed by atoms with Crippen LogP contribution in [0.2, 0.25) is 0 Å². The molecule has 2 amide bonds. The molecule has 1 aromatic rings. The van der Waals surface area contributed by atoms with Gasteiger partial charge in [0.2, 0.25) is 0 Å². The fourth-order valence-corrected chi connectivity index (χ4v) is 3.11. The molecule has 5 heteroatoms. The number of hydrogen-bond acceptors (Lipinski definition) is 3. The molecule has 1 saturated heterocycles. The Hall–Kier alpha value is -1.59. The zero-order valence-electron chi connectivity index (χ0n) is 14.0. The number of nitrogens with zero attached hydrogens (tertiary/aromatic N) is 1. The number of piperidine rings is 1. The summed E-state index contributed by atoms with van der Waals surface area (Å²) in [7, 11) is 0. The maximum Gasteiger partial charge on any atom is 0.315 e. The molecule has 5 nitrogen and oxygen atoms in total. The third-order valence-corrected chi connectivity index (χ3v) is 4.68. The first kappa shape index (κ1) is 17.8. The second-order valence-electron chi connectivity index (χ2n) is 6.21. The average molecular weight is 319 g/mol. The molecule has 1 aliphatic rings. The van der Waals surface area contributed by atoms with Crippen molar-refractivity contribution in [2.24, 2.45) is 5.92 Å². The third-order valence-electron chi connectivity index (χ3n) is 4.68. The molecule has 2 rings (SSSR count). The number of aliphatic hydroxyl groups is 1. The number of amides is 2. The molecule has 0 aliphatic carbocycles. The molecule has 0 saturated carbocycles. The van der Waals surface area contributed by atoms with Gasteiger partial charge in [-0.2, -0.15) is 0 Å². The molecule has 0 aromatic heterocycles. The van der Waals surface area contributed by atoms with Crippen LogP contribution in [-0.2, 0) is 0 Å². The second-order valence-corrected chi connectivity index (χ2v) is 6.21. The lowest BCUT2D eigenvalue weighted by atomic mass is 9.93. The first-order chi connectivity index (χ1) is 11.2. The molecule has 0 spiro atoms. The van der Waals surface area contributed by atoms with Crippen molar-refractivity contribution in [2.45, 2.75) is 32.2 Å². The highest BCUT2D eigenvalue weighted by molar-refractivity contribution is 5.74. The van der Waals surface area contributed by atoms with Crippen molar-refractivity contribution in [3.8, 4) is 0 Å². The maximum absolute atomic E-state index is 12.0. The lowest BCUT2D eigenvalue weighted by molar-refractivity contribution is 0.185. The van der Waals surface area contributed by atoms with Crippen LogP contribution in [0.15, 0.2) is 30.3 Å². The van der Waals surface area contributed by atoms with Crippen molar-refractivity contribution in [1.82, 2.24) is 15.5 Å². The number of carbonyl (C=O) groups excluding carboxylic acids is 1. The van der Waals surface area contributed by atoms with Crippen LogP contribution in [0.25, 0.3) is 0 Å². The van der Waals surface area contributed by atoms with Gasteiger partial charge in [0, 0.05) is 6.54 Å². The summed E-state index contributed by atoms with van der Waals surface area (Å²) in [4.78, 5) is 14.5. The Bertz CT molecular complexity index is 459. The van der Waals surface area contributed by atoms with Gasteiger partial charge in [0.15, 0.2) is 0 Å². The van der Waals surface area contributed by atoms with Gasteiger partial charge in [-0.25, -0.2) is 4.79 Å². The summed E-state index contributed by atoms with van der Waals surface area (Å²) < 4.78 is 0. The van der Waals surface area contributed by atoms with Crippen LogP contribution in [-0.4, -0.2) is 48.8 Å². The molecule has 1 heterocycles. The Morgan fingerprint density at radius 1 is 1.30 bits per heavy atom. The summed E-state index contributed by atoms with van der Waals surface area (Å²) >= 11 is 0. The van der Waals surface area contributed by atoms with Crippen LogP contribution >= 0.6 is 0 Å². The molecule has 1 fully saturated rings. The normalized spacial score (nSPS) is 17.7. The van der Waals surface area contributed by atoms with Crippen molar-refractivity contribution in [3.05, 3.63) is 35.9 Å². The van der Waals surface area contributed by atoms with Crippen LogP contribution in [0.4, 0.5) is 4.79 Å². The summed E-state index contributed by atoms with van der Waals surface area (Å²) in [6.45, 7) is 6.27. The predicted molar refractivity (Wildman–Crippen MR) is 92.3 cm³/mol. The summed E-state index contributed by atoms with van der Waals surface area (Å²) in [6.07, 6.45) is 3.47. The van der Waals surface area contributed by atoms with E-state index in [-0.39, 0.29) is 18.7 Å². The molecule has 0 radical (unpaired) electrons. The monoisotopic (exact) mass is 319 g/mol. The average Bonchev–Trinajstić information content (AvgIpc) is 2.61. The van der Waals surface area contributed by atoms with Crippen LogP contribution in [0.1, 0.15) is 37.8 Å². The van der Waals surface area contributed by atoms with E-state index in [9.17, 15) is 9.90 Å². The third kappa shape index (κ3) is 5.84. The molecule has 128 valence electrons. The van der Waals surface area contributed by atoms with Gasteiger partial charge in [-0.15, -0.1) is 0 Å². The Labute approximate surface area is 139 Å². The number of urea groups is 1. The van der Waals surface area contributed by atoms with Gasteiger partial charge in [0.1, 0.15) is 0 Å². The number of nitrogens with one attached hydrogen (secondary N) is 2. The van der Waals surface area contributed by atoms with Crippen molar-refractivity contribution >= 4 is 6.03 Å². The van der Waals surface area contributed by atoms with Gasteiger partial charge in [0.05, 0.1) is 12.6 Å². The Balaban J connectivity index is 1.67. The van der Waals surface area contributed by atoms with Gasteiger partial charge >= 0.3 is 6.03 Å². The minimum Gasteiger partial charge on any atom is -0.394 e. The lowest BCUT2D eigenvalue weighted by Crippen LogP contribution is -2.40. The minimum absolute atomic E-state index is 0.104. The molecule has 1 aliphatic heterocycles. The highest BCUT2D eigenvalue weighted by atomic mass is 16.3. The fraction of sp³-hybridized carbons (Fsp3) is 0.611. The standard InChI is InChI=1S/C18H29N3O2/c1-2-21-12-9-15(10-13-21)8-11-19-18(23)20-17(14-22)16-6-4-3-5-7-16/h3-7,15,17,22H,2,8-14H2,1H3,(H2,19,20,23)/t17-/m1/s1. The van der Waals surface area contributed by atoms with E-state index >= 15 is 0 Å². The largest absolute Gasteiger partial charge is 0.394 e. The minimum atomic E-state index is -0.357. The van der Waals surface area contributed by atoms with E-state index < -0.39 is 0 Å². The van der Waals surface area contributed by atoms with Crippen LogP contribution in [0, 0.1) is 5.92 Å². The molecular formula is C18H29N3O2. The maximum atomic E-state index is 12.0. The number of likely N-dealkylation sites (tertiary alicyclic amines) is 1. The first-order valence-electron chi connectivity index (χ1n) is 8.65. The van der Waals surface area contributed by atoms with E-state index in [4.69, 9.17) is 0 Å². The van der Waals surface area contributed by atoms with E-state index in [0.29, 0.717) is 12.5 Å². The van der Waals surface area contributed by atoms with E-state index in [0.717, 1.165) is 18.5 Å². The molecule has 1 aromatic carbocycles. The van der Waals surface area contributed by atoms with E-state index in [1.807, 2.05) is 30.3 Å². The number of carbonyl (C=O) groups is 1. The molecular weight excluding hydrogens is 290 g/mol. The van der Waals surface area contributed by atoms with E-state index in [1.54, 1.807) is 0 Å². The van der Waals surface area contributed by atoms with Gasteiger partial charge in [0.25, 0.3) is 0 Å². The smallest absolute Gasteiger partial charge is 0.315 e. The SMILES string of the molecule is CCN1CCC(CCNC(=O)N[C@H](CO)c2ccccc2)CC1. The van der Waals surface area contributed by atoms with Crippen molar-refractivity contribution in [2.75, 3.05) is 32.8 Å². The van der Waals surface area contributed by atoms with Gasteiger partial charge in [-0.3, -0.25) is 0 Å². The fourth-order valence-electron chi connectivity index (χ4n) is 3.11. The number of rotatable bonds is 7. The molecule has 23 heavy (non-hydrogen) atoms. The topological polar surface area (TPSA) is 64.6 Å². The highest BCUT2D eigenvalue weighted by Crippen LogP contribution is 2.19. The predicted octanol–water partition coefficient (Wildman–Crippen LogP) is 2.14. The molecule has 0 unspecified atom stereocenters. The van der Waals surface area contributed by atoms with E-state index in [1.165, 1.54) is 25.9 Å². The van der Waals surface area contributed by atoms with E-state index in [2.05, 4.69) is 22.5 Å². The van der Waals surface area contributed by atoms with Crippen molar-refractivity contribution in [3.63, 3.8) is 0 Å². The van der Waals surface area contributed by atoms with Crippen LogP contribution in [0.5, 0.6) is 0 Å².